The van der Waals surface area contributed by atoms with Crippen LogP contribution in [-0.2, 0) is 38.4 Å². The van der Waals surface area contributed by atoms with Gasteiger partial charge in [-0.05, 0) is 70.8 Å². The maximum Gasteiger partial charge on any atom is 0.301 e. The topological polar surface area (TPSA) is 285 Å². The molecule has 0 aliphatic heterocycles. The summed E-state index contributed by atoms with van der Waals surface area (Å²) in [5, 5.41) is 0.748. The monoisotopic (exact) mass is 913 g/mol. The lowest BCUT2D eigenvalue weighted by atomic mass is 9.80. The van der Waals surface area contributed by atoms with Crippen LogP contribution in [0.25, 0.3) is 53.9 Å². The van der Waals surface area contributed by atoms with Crippen molar-refractivity contribution in [3.05, 3.63) is 79.4 Å². The van der Waals surface area contributed by atoms with E-state index in [0.29, 0.717) is 43.4 Å². The molecule has 19 nitrogen and oxygen atoms in total. The highest BCUT2D eigenvalue weighted by Crippen LogP contribution is 2.47. The molecule has 0 unspecified atom stereocenters. The number of amides is 8. The van der Waals surface area contributed by atoms with Gasteiger partial charge in [-0.1, -0.05) is 71.6 Å². The minimum atomic E-state index is -1.51. The van der Waals surface area contributed by atoms with Crippen LogP contribution in [0.2, 0.25) is 0 Å². The van der Waals surface area contributed by atoms with Gasteiger partial charge in [-0.3, -0.25) is 92.5 Å². The van der Waals surface area contributed by atoms with Crippen LogP contribution >= 0.6 is 0 Å². The van der Waals surface area contributed by atoms with Crippen molar-refractivity contribution in [2.45, 2.75) is 91.1 Å². The highest BCUT2D eigenvalue weighted by Gasteiger charge is 2.38. The van der Waals surface area contributed by atoms with Gasteiger partial charge >= 0.3 is 11.8 Å². The van der Waals surface area contributed by atoms with E-state index < -0.39 is 108 Å². The summed E-state index contributed by atoms with van der Waals surface area (Å²) in [4.78, 5) is 191. The Morgan fingerprint density at radius 3 is 1.31 bits per heavy atom. The number of H-pyrrole nitrogens is 1. The van der Waals surface area contributed by atoms with Crippen LogP contribution in [0, 0.1) is 0 Å². The lowest BCUT2D eigenvalue weighted by Gasteiger charge is -2.26. The third kappa shape index (κ3) is 8.12. The number of aromatic amines is 1. The van der Waals surface area contributed by atoms with Crippen molar-refractivity contribution in [1.82, 2.24) is 25.4 Å². The summed E-state index contributed by atoms with van der Waals surface area (Å²) in [5.74, 6) is -11.3. The van der Waals surface area contributed by atoms with Gasteiger partial charge in [0.05, 0.1) is 10.8 Å². The fraction of sp³-hybridized carbons (Fsp3) is 0.292. The molecule has 5 aromatic carbocycles. The van der Waals surface area contributed by atoms with Crippen molar-refractivity contribution in [3.63, 3.8) is 0 Å². The fourth-order valence-electron chi connectivity index (χ4n) is 9.24. The molecular formula is C48H43N5O14. The van der Waals surface area contributed by atoms with Crippen LogP contribution in [0.1, 0.15) is 120 Å². The first-order valence-electron chi connectivity index (χ1n) is 21.5. The average molecular weight is 914 g/mol. The van der Waals surface area contributed by atoms with E-state index in [-0.39, 0.29) is 76.2 Å². The number of rotatable bonds is 22. The predicted molar refractivity (Wildman–Crippen MR) is 242 cm³/mol. The molecular weight excluding hydrogens is 871 g/mol. The second-order valence-electron chi connectivity index (χ2n) is 15.9. The standard InChI is InChI=1S/C48H43N5O14/c1-5-9-23(10-6-2)52(21-56)47(66)41(60)29-18-15-27-31-25(13-16-28(32(29)31)39(58)45(64)49-19-54)26-14-17-30(40(59)46(65)50-20-55)35-33(26)34(27)37-38(44(63)51-43(37)62)36(35)42(61)48(67)53(22-57)24(11-7-3)12-8-4/h13-24H,5-12H2,1-4H3,(H,49,54,64)(H,50,55,65)(H,51,62,63). The van der Waals surface area contributed by atoms with Crippen molar-refractivity contribution < 1.29 is 57.5 Å². The Balaban J connectivity index is 1.86. The average Bonchev–Trinajstić information content (AvgIpc) is 3.61. The number of aromatic nitrogens is 1. The Labute approximate surface area is 378 Å². The molecule has 344 valence electrons. The number of nitrogens with zero attached hydrogens (tertiary/aromatic N) is 2. The van der Waals surface area contributed by atoms with Crippen LogP contribution < -0.4 is 21.8 Å². The van der Waals surface area contributed by atoms with Gasteiger partial charge in [0.2, 0.25) is 25.6 Å². The third-order valence-corrected chi connectivity index (χ3v) is 12.0. The number of imide groups is 4. The van der Waals surface area contributed by atoms with Gasteiger partial charge in [-0.25, -0.2) is 0 Å². The first-order chi connectivity index (χ1) is 32.1. The first kappa shape index (κ1) is 48.2. The van der Waals surface area contributed by atoms with E-state index in [1.807, 2.05) is 13.8 Å². The molecule has 19 heteroatoms. The molecule has 0 radical (unpaired) electrons. The van der Waals surface area contributed by atoms with E-state index in [0.717, 1.165) is 23.1 Å². The molecule has 0 atom stereocenters. The van der Waals surface area contributed by atoms with Gasteiger partial charge in [0.1, 0.15) is 0 Å². The summed E-state index contributed by atoms with van der Waals surface area (Å²) in [6.07, 6.45) is 3.57. The van der Waals surface area contributed by atoms with Gasteiger partial charge in [0, 0.05) is 50.5 Å². The maximum absolute atomic E-state index is 14.8. The molecule has 0 bridgehead atoms. The zero-order valence-electron chi connectivity index (χ0n) is 36.7. The zero-order chi connectivity index (χ0) is 49.0. The summed E-state index contributed by atoms with van der Waals surface area (Å²) in [5.41, 5.74) is -4.84. The Kier molecular flexibility index (Phi) is 14.3. The number of hydrogen-bond acceptors (Lipinski definition) is 14. The molecule has 0 saturated carbocycles. The molecule has 6 rings (SSSR count). The predicted octanol–water partition coefficient (Wildman–Crippen LogP) is 3.56. The molecule has 67 heavy (non-hydrogen) atoms. The molecule has 3 N–H and O–H groups in total. The smallest absolute Gasteiger partial charge is 0.292 e. The van der Waals surface area contributed by atoms with Crippen LogP contribution in [0.4, 0.5) is 0 Å². The summed E-state index contributed by atoms with van der Waals surface area (Å²) >= 11 is 0. The van der Waals surface area contributed by atoms with E-state index in [1.54, 1.807) is 24.5 Å². The Morgan fingerprint density at radius 2 is 0.866 bits per heavy atom. The first-order valence-corrected chi connectivity index (χ1v) is 21.5. The van der Waals surface area contributed by atoms with Crippen LogP contribution in [0.5, 0.6) is 0 Å². The SMILES string of the molecule is CCCC(CCC)N(C=O)C(=O)C(=O)c1ccc2c3c1c(C(=O)C(=O)NC=O)ccc3c1ccc(C(=O)C(=O)NC=O)c3c(C(=O)C(=O)N(C=O)C(CCC)CCC)c4c(=O)[nH]c(=O)c4c2c31. The number of nitrogens with one attached hydrogen (secondary N) is 3. The molecule has 0 fully saturated rings. The second-order valence-corrected chi connectivity index (χ2v) is 15.9. The highest BCUT2D eigenvalue weighted by atomic mass is 16.2. The van der Waals surface area contributed by atoms with Gasteiger partial charge in [0.25, 0.3) is 46.1 Å². The van der Waals surface area contributed by atoms with Crippen LogP contribution in [0.3, 0.4) is 0 Å². The fourth-order valence-corrected chi connectivity index (χ4v) is 9.24. The summed E-state index contributed by atoms with van der Waals surface area (Å²) < 4.78 is 0. The Bertz CT molecular complexity index is 3230. The lowest BCUT2D eigenvalue weighted by molar-refractivity contribution is -0.139. The molecule has 0 aliphatic carbocycles. The molecule has 8 amide bonds. The molecule has 0 aliphatic rings. The van der Waals surface area contributed by atoms with E-state index in [9.17, 15) is 67.1 Å². The van der Waals surface area contributed by atoms with E-state index in [2.05, 4.69) is 4.98 Å². The number of Topliss-reactive ketones (excluding diaryl/α,β-unsaturated/α-hetero) is 4. The van der Waals surface area contributed by atoms with Gasteiger partial charge < -0.3 is 0 Å². The molecule has 0 saturated heterocycles. The maximum atomic E-state index is 14.8. The Hall–Kier alpha value is -8.22. The summed E-state index contributed by atoms with van der Waals surface area (Å²) in [6.45, 7) is 7.22. The second kappa shape index (κ2) is 19.9. The molecule has 1 heterocycles. The normalized spacial score (nSPS) is 11.4. The zero-order valence-corrected chi connectivity index (χ0v) is 36.7. The molecule has 6 aromatic rings. The Morgan fingerprint density at radius 1 is 0.478 bits per heavy atom. The molecule has 0 spiro atoms. The van der Waals surface area contributed by atoms with Crippen molar-refractivity contribution in [2.75, 3.05) is 0 Å². The number of fused-ring (bicyclic) bond motifs is 4. The lowest BCUT2D eigenvalue weighted by Crippen LogP contribution is -2.43. The van der Waals surface area contributed by atoms with Crippen molar-refractivity contribution in [1.29, 1.82) is 0 Å². The number of hydrogen-bond donors (Lipinski definition) is 3. The summed E-state index contributed by atoms with van der Waals surface area (Å²) in [7, 11) is 0. The number of carbonyl (C=O) groups excluding carboxylic acids is 12. The van der Waals surface area contributed by atoms with E-state index in [1.165, 1.54) is 18.2 Å². The highest BCUT2D eigenvalue weighted by molar-refractivity contribution is 6.56. The van der Waals surface area contributed by atoms with Crippen molar-refractivity contribution in [3.8, 4) is 0 Å². The third-order valence-electron chi connectivity index (χ3n) is 12.0. The van der Waals surface area contributed by atoms with Crippen LogP contribution in [-0.4, -0.2) is 99.3 Å². The number of benzene rings is 5. The number of carbonyl (C=O) groups is 12. The van der Waals surface area contributed by atoms with E-state index in [4.69, 9.17) is 0 Å². The van der Waals surface area contributed by atoms with Crippen molar-refractivity contribution in [2.24, 2.45) is 0 Å². The minimum Gasteiger partial charge on any atom is -0.292 e. The van der Waals surface area contributed by atoms with Crippen LogP contribution in [0.15, 0.2) is 46.0 Å². The molecule has 1 aromatic heterocycles. The summed E-state index contributed by atoms with van der Waals surface area (Å²) in [6, 6.07) is 5.52. The van der Waals surface area contributed by atoms with Gasteiger partial charge in [-0.2, -0.15) is 0 Å². The van der Waals surface area contributed by atoms with E-state index >= 15 is 0 Å². The minimum absolute atomic E-state index is 0.00104. The van der Waals surface area contributed by atoms with Gasteiger partial charge in [-0.15, -0.1) is 0 Å². The largest absolute Gasteiger partial charge is 0.301 e. The quantitative estimate of drug-likeness (QED) is 0.0289. The van der Waals surface area contributed by atoms with Crippen molar-refractivity contribution >= 4 is 126 Å². The number of ketones is 4. The van der Waals surface area contributed by atoms with Gasteiger partial charge in [0.15, 0.2) is 0 Å².